The molecule has 0 saturated carbocycles. The molecule has 3 heterocycles. The zero-order chi connectivity index (χ0) is 25.8. The molecule has 1 unspecified atom stereocenters. The molecule has 8 nitrogen and oxygen atoms in total. The maximum atomic E-state index is 12.2. The molecule has 35 heavy (non-hydrogen) atoms. The predicted octanol–water partition coefficient (Wildman–Crippen LogP) is 3.14. The van der Waals surface area contributed by atoms with Crippen molar-refractivity contribution >= 4 is 11.9 Å². The first kappa shape index (κ1) is 27.6. The van der Waals surface area contributed by atoms with Crippen molar-refractivity contribution in [1.82, 2.24) is 5.32 Å². The molecule has 7 atom stereocenters. The number of nitrogens with one attached hydrogen (secondary N) is 1. The molecule has 0 aromatic heterocycles. The molecule has 1 spiro atoms. The Kier molecular flexibility index (Phi) is 8.96. The summed E-state index contributed by atoms with van der Waals surface area (Å²) in [7, 11) is 0. The lowest BCUT2D eigenvalue weighted by molar-refractivity contribution is -0.171. The van der Waals surface area contributed by atoms with Gasteiger partial charge in [-0.15, -0.1) is 0 Å². The fraction of sp³-hybridized carbons (Fsp3) is 0.704. The molecule has 8 heteroatoms. The number of ether oxygens (including phenoxy) is 4. The van der Waals surface area contributed by atoms with Crippen LogP contribution in [0.2, 0.25) is 0 Å². The van der Waals surface area contributed by atoms with Crippen molar-refractivity contribution in [3.63, 3.8) is 0 Å². The van der Waals surface area contributed by atoms with Crippen LogP contribution < -0.4 is 5.32 Å². The number of rotatable bonds is 8. The van der Waals surface area contributed by atoms with Crippen molar-refractivity contribution in [1.29, 1.82) is 0 Å². The van der Waals surface area contributed by atoms with E-state index in [-0.39, 0.29) is 35.7 Å². The van der Waals surface area contributed by atoms with Crippen LogP contribution in [0, 0.1) is 0 Å². The summed E-state index contributed by atoms with van der Waals surface area (Å²) in [6.07, 6.45) is 10.6. The molecule has 0 aromatic carbocycles. The molecule has 0 radical (unpaired) electrons. The Morgan fingerprint density at radius 1 is 1.23 bits per heavy atom. The summed E-state index contributed by atoms with van der Waals surface area (Å²) in [5.41, 5.74) is 0.285. The monoisotopic (exact) mass is 491 g/mol. The summed E-state index contributed by atoms with van der Waals surface area (Å²) < 4.78 is 22.8. The minimum atomic E-state index is -0.658. The van der Waals surface area contributed by atoms with Crippen molar-refractivity contribution in [2.75, 3.05) is 6.61 Å². The van der Waals surface area contributed by atoms with Crippen molar-refractivity contribution in [2.24, 2.45) is 0 Å². The summed E-state index contributed by atoms with van der Waals surface area (Å²) in [4.78, 5) is 23.2. The molecule has 0 aromatic rings. The first-order valence-corrected chi connectivity index (χ1v) is 12.6. The largest absolute Gasteiger partial charge is 0.459 e. The summed E-state index contributed by atoms with van der Waals surface area (Å²) in [6.45, 7) is 11.7. The van der Waals surface area contributed by atoms with Gasteiger partial charge in [-0.3, -0.25) is 9.59 Å². The molecule has 3 rings (SSSR count). The van der Waals surface area contributed by atoms with Crippen LogP contribution in [0.15, 0.2) is 36.0 Å². The van der Waals surface area contributed by atoms with Crippen molar-refractivity contribution in [2.45, 2.75) is 115 Å². The second kappa shape index (κ2) is 11.4. The third-order valence-corrected chi connectivity index (χ3v) is 6.77. The Balaban J connectivity index is 1.44. The van der Waals surface area contributed by atoms with Crippen LogP contribution in [-0.4, -0.2) is 71.4 Å². The van der Waals surface area contributed by atoms with E-state index in [0.29, 0.717) is 13.0 Å². The Morgan fingerprint density at radius 3 is 2.57 bits per heavy atom. The highest BCUT2D eigenvalue weighted by Gasteiger charge is 2.60. The minimum Gasteiger partial charge on any atom is -0.459 e. The number of hydrogen-bond donors (Lipinski definition) is 2. The van der Waals surface area contributed by atoms with Gasteiger partial charge in [0.25, 0.3) is 0 Å². The van der Waals surface area contributed by atoms with Gasteiger partial charge in [0.05, 0.1) is 30.5 Å². The molecule has 1 amide bonds. The van der Waals surface area contributed by atoms with Crippen molar-refractivity contribution < 1.29 is 33.6 Å². The van der Waals surface area contributed by atoms with Crippen molar-refractivity contribution in [3.05, 3.63) is 36.0 Å². The fourth-order valence-electron chi connectivity index (χ4n) is 4.93. The first-order chi connectivity index (χ1) is 16.4. The third kappa shape index (κ3) is 8.00. The Labute approximate surface area is 208 Å². The van der Waals surface area contributed by atoms with E-state index < -0.39 is 23.9 Å². The highest BCUT2D eigenvalue weighted by atomic mass is 16.6. The van der Waals surface area contributed by atoms with E-state index in [2.05, 4.69) is 11.4 Å². The van der Waals surface area contributed by atoms with Crippen LogP contribution >= 0.6 is 0 Å². The summed E-state index contributed by atoms with van der Waals surface area (Å²) in [6, 6.07) is -0.0670. The first-order valence-electron chi connectivity index (χ1n) is 12.6. The molecule has 3 aliphatic heterocycles. The Morgan fingerprint density at radius 2 is 1.94 bits per heavy atom. The van der Waals surface area contributed by atoms with Gasteiger partial charge in [-0.2, -0.15) is 0 Å². The number of carbonyl (C=O) groups is 2. The van der Waals surface area contributed by atoms with Crippen LogP contribution in [0.4, 0.5) is 0 Å². The van der Waals surface area contributed by atoms with Gasteiger partial charge >= 0.3 is 5.97 Å². The van der Waals surface area contributed by atoms with E-state index >= 15 is 0 Å². The average Bonchev–Trinajstić information content (AvgIpc) is 3.53. The molecule has 0 bridgehead atoms. The normalized spacial score (nSPS) is 35.9. The van der Waals surface area contributed by atoms with Gasteiger partial charge in [0, 0.05) is 19.4 Å². The summed E-state index contributed by atoms with van der Waals surface area (Å²) in [5, 5.41) is 13.6. The standard InChI is InChI=1S/C27H41NO7/c1-17(8-13-23-25(31)27(16-32-27)15-26(5,6)35-23)7-10-21-11-12-22(19(3)34-21)28-24(30)14-9-18(2)33-20(4)29/h7-9,13-14,18-19,21-23,25,31H,10-12,15-16H2,1-6H3,(H,28,30)/b13-8+,14-9-,17-7+/t18-,19-,21+,22?,23-,25-,27-/m1/s1. The second-order valence-electron chi connectivity index (χ2n) is 10.7. The maximum absolute atomic E-state index is 12.2. The Hall–Kier alpha value is -2.00. The van der Waals surface area contributed by atoms with Crippen LogP contribution in [0.1, 0.15) is 67.2 Å². The number of aliphatic hydroxyl groups is 1. The van der Waals surface area contributed by atoms with E-state index in [1.165, 1.54) is 13.0 Å². The zero-order valence-electron chi connectivity index (χ0n) is 21.8. The van der Waals surface area contributed by atoms with Crippen LogP contribution in [0.25, 0.3) is 0 Å². The van der Waals surface area contributed by atoms with Gasteiger partial charge in [-0.05, 0) is 60.0 Å². The molecule has 0 aliphatic carbocycles. The number of allylic oxidation sites excluding steroid dienone is 2. The minimum absolute atomic E-state index is 0.0670. The zero-order valence-corrected chi connectivity index (χ0v) is 21.8. The lowest BCUT2D eigenvalue weighted by atomic mass is 9.83. The molecule has 3 saturated heterocycles. The predicted molar refractivity (Wildman–Crippen MR) is 132 cm³/mol. The highest BCUT2D eigenvalue weighted by Crippen LogP contribution is 2.46. The van der Waals surface area contributed by atoms with Gasteiger partial charge in [-0.1, -0.05) is 23.8 Å². The SMILES string of the molecule is CC(=O)O[C@H](C)/C=C\C(=O)NC1CC[C@H](C/C=C(C)/C=C/[C@H]2OC(C)(C)C[C@@]3(CO3)[C@@H]2O)O[C@@H]1C. The van der Waals surface area contributed by atoms with Crippen LogP contribution in [0.5, 0.6) is 0 Å². The lowest BCUT2D eigenvalue weighted by Crippen LogP contribution is -2.53. The summed E-state index contributed by atoms with van der Waals surface area (Å²) in [5.74, 6) is -0.606. The number of aliphatic hydroxyl groups excluding tert-OH is 1. The number of carbonyl (C=O) groups excluding carboxylic acids is 2. The van der Waals surface area contributed by atoms with Gasteiger partial charge in [0.15, 0.2) is 0 Å². The van der Waals surface area contributed by atoms with E-state index in [0.717, 1.165) is 24.8 Å². The van der Waals surface area contributed by atoms with E-state index in [9.17, 15) is 14.7 Å². The smallest absolute Gasteiger partial charge is 0.303 e. The molecular formula is C27H41NO7. The van der Waals surface area contributed by atoms with Gasteiger partial charge in [-0.25, -0.2) is 0 Å². The highest BCUT2D eigenvalue weighted by molar-refractivity contribution is 5.87. The van der Waals surface area contributed by atoms with Gasteiger partial charge in [0.2, 0.25) is 5.91 Å². The summed E-state index contributed by atoms with van der Waals surface area (Å²) >= 11 is 0. The molecule has 3 fully saturated rings. The van der Waals surface area contributed by atoms with E-state index in [4.69, 9.17) is 18.9 Å². The van der Waals surface area contributed by atoms with Crippen LogP contribution in [-0.2, 0) is 28.5 Å². The third-order valence-electron chi connectivity index (χ3n) is 6.77. The maximum Gasteiger partial charge on any atom is 0.303 e. The van der Waals surface area contributed by atoms with Gasteiger partial charge < -0.3 is 29.4 Å². The molecule has 196 valence electrons. The van der Waals surface area contributed by atoms with E-state index in [1.54, 1.807) is 13.0 Å². The number of epoxide rings is 1. The van der Waals surface area contributed by atoms with E-state index in [1.807, 2.05) is 39.8 Å². The second-order valence-corrected chi connectivity index (χ2v) is 10.7. The average molecular weight is 492 g/mol. The lowest BCUT2D eigenvalue weighted by Gasteiger charge is -2.41. The fourth-order valence-corrected chi connectivity index (χ4v) is 4.93. The molecule has 3 aliphatic rings. The molecular weight excluding hydrogens is 450 g/mol. The van der Waals surface area contributed by atoms with Crippen LogP contribution in [0.3, 0.4) is 0 Å². The number of esters is 1. The van der Waals surface area contributed by atoms with Gasteiger partial charge in [0.1, 0.15) is 23.9 Å². The number of amides is 1. The Bertz CT molecular complexity index is 858. The molecule has 2 N–H and O–H groups in total. The van der Waals surface area contributed by atoms with Crippen molar-refractivity contribution in [3.8, 4) is 0 Å². The topological polar surface area (TPSA) is 107 Å². The number of hydrogen-bond acceptors (Lipinski definition) is 7. The quantitative estimate of drug-likeness (QED) is 0.232.